The van der Waals surface area contributed by atoms with Crippen molar-refractivity contribution in [1.82, 2.24) is 5.32 Å². The highest BCUT2D eigenvalue weighted by molar-refractivity contribution is 5.51. The van der Waals surface area contributed by atoms with Gasteiger partial charge in [-0.3, -0.25) is 0 Å². The maximum atomic E-state index is 9.05. The molecule has 1 aromatic rings. The Morgan fingerprint density at radius 1 is 1.19 bits per heavy atom. The average Bonchev–Trinajstić information content (AvgIpc) is 2.40. The molecular weight excluding hydrogens is 260 g/mol. The zero-order chi connectivity index (χ0) is 15.8. The predicted molar refractivity (Wildman–Crippen MR) is 91.9 cm³/mol. The molecule has 3 heteroatoms. The van der Waals surface area contributed by atoms with Gasteiger partial charge in [0.25, 0.3) is 0 Å². The van der Waals surface area contributed by atoms with Crippen LogP contribution in [0.2, 0.25) is 0 Å². The van der Waals surface area contributed by atoms with Gasteiger partial charge in [-0.2, -0.15) is 0 Å². The van der Waals surface area contributed by atoms with Crippen LogP contribution in [0.5, 0.6) is 0 Å². The summed E-state index contributed by atoms with van der Waals surface area (Å²) in [5.41, 5.74) is 3.95. The Kier molecular flexibility index (Phi) is 7.76. The highest BCUT2D eigenvalue weighted by atomic mass is 16.3. The molecule has 0 heterocycles. The molecule has 3 nitrogen and oxygen atoms in total. The van der Waals surface area contributed by atoms with Crippen LogP contribution in [0.15, 0.2) is 18.2 Å². The van der Waals surface area contributed by atoms with Gasteiger partial charge in [0.1, 0.15) is 0 Å². The zero-order valence-corrected chi connectivity index (χ0v) is 14.3. The first-order valence-electron chi connectivity index (χ1n) is 8.13. The Labute approximate surface area is 130 Å². The summed E-state index contributed by atoms with van der Waals surface area (Å²) in [5, 5.41) is 12.6. The van der Waals surface area contributed by atoms with Gasteiger partial charge in [0.05, 0.1) is 0 Å². The standard InChI is InChI=1S/C18H32N2O/c1-14(2)12-19-13-17-7-8-18(11-16(17)5)20(15(3)4)9-6-10-21/h7-8,11,14-15,19,21H,6,9-10,12-13H2,1-5H3. The number of aryl methyl sites for hydroxylation is 1. The van der Waals surface area contributed by atoms with Crippen LogP contribution in [0.1, 0.15) is 45.2 Å². The third kappa shape index (κ3) is 6.06. The van der Waals surface area contributed by atoms with Crippen LogP contribution in [-0.2, 0) is 6.54 Å². The molecule has 0 unspecified atom stereocenters. The van der Waals surface area contributed by atoms with Gasteiger partial charge in [0, 0.05) is 31.4 Å². The van der Waals surface area contributed by atoms with Crippen molar-refractivity contribution in [2.75, 3.05) is 24.6 Å². The van der Waals surface area contributed by atoms with E-state index in [2.05, 4.69) is 63.0 Å². The number of anilines is 1. The highest BCUT2D eigenvalue weighted by Gasteiger charge is 2.11. The van der Waals surface area contributed by atoms with Crippen molar-refractivity contribution in [2.45, 2.75) is 53.6 Å². The van der Waals surface area contributed by atoms with Gasteiger partial charge in [-0.1, -0.05) is 19.9 Å². The fourth-order valence-corrected chi connectivity index (χ4v) is 2.48. The molecular formula is C18H32N2O. The van der Waals surface area contributed by atoms with E-state index < -0.39 is 0 Å². The largest absolute Gasteiger partial charge is 0.396 e. The molecule has 0 spiro atoms. The van der Waals surface area contributed by atoms with Crippen molar-refractivity contribution < 1.29 is 5.11 Å². The van der Waals surface area contributed by atoms with Crippen LogP contribution < -0.4 is 10.2 Å². The summed E-state index contributed by atoms with van der Waals surface area (Å²) in [6, 6.07) is 7.15. The van der Waals surface area contributed by atoms with Gasteiger partial charge in [-0.25, -0.2) is 0 Å². The molecule has 0 saturated carbocycles. The quantitative estimate of drug-likeness (QED) is 0.733. The molecule has 0 fully saturated rings. The first-order valence-corrected chi connectivity index (χ1v) is 8.13. The molecule has 0 aliphatic heterocycles. The van der Waals surface area contributed by atoms with Gasteiger partial charge in [0.2, 0.25) is 0 Å². The normalized spacial score (nSPS) is 11.4. The van der Waals surface area contributed by atoms with Gasteiger partial charge in [0.15, 0.2) is 0 Å². The molecule has 1 aromatic carbocycles. The second-order valence-corrected chi connectivity index (χ2v) is 6.50. The van der Waals surface area contributed by atoms with Crippen molar-refractivity contribution in [3.05, 3.63) is 29.3 Å². The number of aliphatic hydroxyl groups is 1. The van der Waals surface area contributed by atoms with E-state index in [-0.39, 0.29) is 6.61 Å². The van der Waals surface area contributed by atoms with E-state index in [0.29, 0.717) is 12.0 Å². The molecule has 120 valence electrons. The summed E-state index contributed by atoms with van der Waals surface area (Å²) in [7, 11) is 0. The Hall–Kier alpha value is -1.06. The molecule has 0 aliphatic carbocycles. The van der Waals surface area contributed by atoms with E-state index >= 15 is 0 Å². The van der Waals surface area contributed by atoms with Crippen LogP contribution in [0.25, 0.3) is 0 Å². The molecule has 0 amide bonds. The number of rotatable bonds is 9. The summed E-state index contributed by atoms with van der Waals surface area (Å²) in [6.45, 7) is 14.2. The second kappa shape index (κ2) is 9.06. The fourth-order valence-electron chi connectivity index (χ4n) is 2.48. The van der Waals surface area contributed by atoms with Crippen molar-refractivity contribution >= 4 is 5.69 Å². The molecule has 0 atom stereocenters. The Bertz CT molecular complexity index is 416. The van der Waals surface area contributed by atoms with Crippen LogP contribution >= 0.6 is 0 Å². The third-order valence-corrected chi connectivity index (χ3v) is 3.71. The number of nitrogens with one attached hydrogen (secondary N) is 1. The number of hydrogen-bond donors (Lipinski definition) is 2. The highest BCUT2D eigenvalue weighted by Crippen LogP contribution is 2.21. The fraction of sp³-hybridized carbons (Fsp3) is 0.667. The summed E-state index contributed by atoms with van der Waals surface area (Å²) in [6.07, 6.45) is 0.814. The van der Waals surface area contributed by atoms with Gasteiger partial charge in [-0.15, -0.1) is 0 Å². The molecule has 0 aliphatic rings. The van der Waals surface area contributed by atoms with E-state index in [1.54, 1.807) is 0 Å². The van der Waals surface area contributed by atoms with Crippen LogP contribution in [0.3, 0.4) is 0 Å². The van der Waals surface area contributed by atoms with E-state index in [1.165, 1.54) is 16.8 Å². The topological polar surface area (TPSA) is 35.5 Å². The first-order chi connectivity index (χ1) is 9.95. The number of hydrogen-bond acceptors (Lipinski definition) is 3. The van der Waals surface area contributed by atoms with Crippen molar-refractivity contribution in [1.29, 1.82) is 0 Å². The number of benzene rings is 1. The molecule has 0 saturated heterocycles. The maximum absolute atomic E-state index is 9.05. The number of aliphatic hydroxyl groups excluding tert-OH is 1. The summed E-state index contributed by atoms with van der Waals surface area (Å²) >= 11 is 0. The zero-order valence-electron chi connectivity index (χ0n) is 14.3. The molecule has 21 heavy (non-hydrogen) atoms. The lowest BCUT2D eigenvalue weighted by Crippen LogP contribution is -2.32. The molecule has 1 rings (SSSR count). The minimum absolute atomic E-state index is 0.249. The van der Waals surface area contributed by atoms with E-state index in [9.17, 15) is 0 Å². The molecule has 0 bridgehead atoms. The summed E-state index contributed by atoms with van der Waals surface area (Å²) in [5.74, 6) is 0.680. The third-order valence-electron chi connectivity index (χ3n) is 3.71. The lowest BCUT2D eigenvalue weighted by Gasteiger charge is -2.29. The maximum Gasteiger partial charge on any atom is 0.0447 e. The molecule has 0 aromatic heterocycles. The summed E-state index contributed by atoms with van der Waals surface area (Å²) < 4.78 is 0. The van der Waals surface area contributed by atoms with E-state index in [4.69, 9.17) is 5.11 Å². The lowest BCUT2D eigenvalue weighted by atomic mass is 10.1. The SMILES string of the molecule is Cc1cc(N(CCCO)C(C)C)ccc1CNCC(C)C. The Morgan fingerprint density at radius 3 is 2.43 bits per heavy atom. The summed E-state index contributed by atoms with van der Waals surface area (Å²) in [4.78, 5) is 2.36. The smallest absolute Gasteiger partial charge is 0.0447 e. The lowest BCUT2D eigenvalue weighted by molar-refractivity contribution is 0.288. The van der Waals surface area contributed by atoms with Crippen LogP contribution in [0, 0.1) is 12.8 Å². The Balaban J connectivity index is 2.74. The second-order valence-electron chi connectivity index (χ2n) is 6.50. The van der Waals surface area contributed by atoms with Gasteiger partial charge in [-0.05, 0) is 62.9 Å². The van der Waals surface area contributed by atoms with Crippen LogP contribution in [-0.4, -0.2) is 30.8 Å². The minimum Gasteiger partial charge on any atom is -0.396 e. The van der Waals surface area contributed by atoms with Crippen LogP contribution in [0.4, 0.5) is 5.69 Å². The minimum atomic E-state index is 0.249. The Morgan fingerprint density at radius 2 is 1.90 bits per heavy atom. The van der Waals surface area contributed by atoms with Crippen molar-refractivity contribution in [3.8, 4) is 0 Å². The van der Waals surface area contributed by atoms with Crippen molar-refractivity contribution in [2.24, 2.45) is 5.92 Å². The number of nitrogens with zero attached hydrogens (tertiary/aromatic N) is 1. The van der Waals surface area contributed by atoms with Gasteiger partial charge >= 0.3 is 0 Å². The monoisotopic (exact) mass is 292 g/mol. The van der Waals surface area contributed by atoms with Crippen molar-refractivity contribution in [3.63, 3.8) is 0 Å². The van der Waals surface area contributed by atoms with Gasteiger partial charge < -0.3 is 15.3 Å². The first kappa shape index (κ1) is 18.0. The molecule has 2 N–H and O–H groups in total. The van der Waals surface area contributed by atoms with E-state index in [0.717, 1.165) is 26.1 Å². The molecule has 0 radical (unpaired) electrons. The predicted octanol–water partition coefficient (Wildman–Crippen LogP) is 3.34. The average molecular weight is 292 g/mol. The van der Waals surface area contributed by atoms with E-state index in [1.807, 2.05) is 0 Å².